The van der Waals surface area contributed by atoms with Crippen LogP contribution in [0, 0.1) is 0 Å². The summed E-state index contributed by atoms with van der Waals surface area (Å²) in [6.45, 7) is 6.75. The number of ether oxygens (including phenoxy) is 2. The summed E-state index contributed by atoms with van der Waals surface area (Å²) in [5, 5.41) is 11.6. The highest BCUT2D eigenvalue weighted by molar-refractivity contribution is 6.05. The Morgan fingerprint density at radius 1 is 0.951 bits per heavy atom. The molecule has 4 aromatic heterocycles. The van der Waals surface area contributed by atoms with Crippen LogP contribution in [0.2, 0.25) is 0 Å². The molecule has 11 nitrogen and oxygen atoms in total. The van der Waals surface area contributed by atoms with Crippen LogP contribution in [-0.2, 0) is 4.74 Å². The van der Waals surface area contributed by atoms with Gasteiger partial charge in [-0.2, -0.15) is 15.1 Å². The number of pyridine rings is 1. The van der Waals surface area contributed by atoms with E-state index in [1.165, 1.54) is 25.9 Å². The summed E-state index contributed by atoms with van der Waals surface area (Å²) >= 11 is 0. The van der Waals surface area contributed by atoms with Crippen LogP contribution in [-0.4, -0.2) is 82.6 Å². The maximum atomic E-state index is 6.28. The van der Waals surface area contributed by atoms with Gasteiger partial charge in [-0.15, -0.1) is 12.4 Å². The second kappa shape index (κ2) is 12.3. The van der Waals surface area contributed by atoms with Crippen LogP contribution in [0.4, 0.5) is 17.6 Å². The summed E-state index contributed by atoms with van der Waals surface area (Å²) in [5.41, 5.74) is 3.74. The van der Waals surface area contributed by atoms with Gasteiger partial charge in [0.25, 0.3) is 0 Å². The first-order valence-electron chi connectivity index (χ1n) is 14.0. The lowest BCUT2D eigenvalue weighted by Gasteiger charge is -2.27. The van der Waals surface area contributed by atoms with Crippen molar-refractivity contribution in [2.45, 2.75) is 19.3 Å². The highest BCUT2D eigenvalue weighted by Crippen LogP contribution is 2.35. The van der Waals surface area contributed by atoms with E-state index in [4.69, 9.17) is 23.9 Å². The average molecular weight is 577 g/mol. The molecule has 214 valence electrons. The van der Waals surface area contributed by atoms with Gasteiger partial charge >= 0.3 is 0 Å². The van der Waals surface area contributed by atoms with Crippen LogP contribution in [0.3, 0.4) is 0 Å². The third-order valence-corrected chi connectivity index (χ3v) is 7.42. The predicted octanol–water partition coefficient (Wildman–Crippen LogP) is 5.03. The van der Waals surface area contributed by atoms with Crippen molar-refractivity contribution in [3.8, 4) is 17.1 Å². The zero-order valence-electron chi connectivity index (χ0n) is 22.7. The van der Waals surface area contributed by atoms with Gasteiger partial charge in [-0.05, 0) is 44.0 Å². The molecule has 6 heterocycles. The lowest BCUT2D eigenvalue weighted by Crippen LogP contribution is -2.37. The molecule has 0 saturated carbocycles. The first kappa shape index (κ1) is 27.3. The third kappa shape index (κ3) is 5.92. The van der Waals surface area contributed by atoms with E-state index in [1.807, 2.05) is 48.5 Å². The number of morpholine rings is 1. The molecule has 0 radical (unpaired) electrons. The Bertz CT molecular complexity index is 1600. The largest absolute Gasteiger partial charge is 0.478 e. The fraction of sp³-hybridized carbons (Fsp3) is 0.379. The molecule has 1 aromatic carbocycles. The van der Waals surface area contributed by atoms with Crippen LogP contribution >= 0.6 is 12.4 Å². The quantitative estimate of drug-likeness (QED) is 0.231. The van der Waals surface area contributed by atoms with Gasteiger partial charge in [-0.1, -0.05) is 30.3 Å². The van der Waals surface area contributed by atoms with E-state index in [1.54, 1.807) is 0 Å². The summed E-state index contributed by atoms with van der Waals surface area (Å²) in [7, 11) is 0. The number of benzene rings is 1. The average Bonchev–Trinajstić information content (AvgIpc) is 3.76. The summed E-state index contributed by atoms with van der Waals surface area (Å²) < 4.78 is 17.8. The Morgan fingerprint density at radius 2 is 1.78 bits per heavy atom. The molecule has 2 aliphatic rings. The highest BCUT2D eigenvalue weighted by atomic mass is 35.5. The van der Waals surface area contributed by atoms with Crippen molar-refractivity contribution in [2.24, 2.45) is 0 Å². The van der Waals surface area contributed by atoms with Crippen LogP contribution in [0.5, 0.6) is 5.88 Å². The van der Waals surface area contributed by atoms with Crippen molar-refractivity contribution in [1.29, 1.82) is 0 Å². The minimum atomic E-state index is 0. The van der Waals surface area contributed by atoms with Gasteiger partial charge in [-0.3, -0.25) is 5.10 Å². The van der Waals surface area contributed by atoms with Crippen LogP contribution in [0.15, 0.2) is 52.9 Å². The van der Waals surface area contributed by atoms with Crippen LogP contribution in [0.25, 0.3) is 33.5 Å². The van der Waals surface area contributed by atoms with Crippen molar-refractivity contribution >= 4 is 52.2 Å². The number of H-pyrrole nitrogens is 1. The molecule has 2 aliphatic heterocycles. The van der Waals surface area contributed by atoms with Crippen molar-refractivity contribution < 1.29 is 13.9 Å². The molecule has 41 heavy (non-hydrogen) atoms. The molecule has 2 fully saturated rings. The summed E-state index contributed by atoms with van der Waals surface area (Å²) in [4.78, 5) is 19.0. The number of fused-ring (bicyclic) bond motifs is 3. The summed E-state index contributed by atoms with van der Waals surface area (Å²) in [6, 6.07) is 15.8. The number of nitrogens with one attached hydrogen (secondary N) is 2. The van der Waals surface area contributed by atoms with Gasteiger partial charge in [0, 0.05) is 31.8 Å². The van der Waals surface area contributed by atoms with E-state index in [-0.39, 0.29) is 12.4 Å². The monoisotopic (exact) mass is 576 g/mol. The number of hydrogen-bond donors (Lipinski definition) is 2. The van der Waals surface area contributed by atoms with Gasteiger partial charge in [0.05, 0.1) is 30.9 Å². The smallest absolute Gasteiger partial charge is 0.232 e. The number of nitrogens with zero attached hydrogens (tertiary/aromatic N) is 6. The van der Waals surface area contributed by atoms with Gasteiger partial charge in [0.15, 0.2) is 17.2 Å². The molecule has 12 heteroatoms. The fourth-order valence-corrected chi connectivity index (χ4v) is 5.36. The molecule has 2 saturated heterocycles. The lowest BCUT2D eigenvalue weighted by atomic mass is 10.2. The molecule has 0 spiro atoms. The van der Waals surface area contributed by atoms with Gasteiger partial charge in [-0.25, -0.2) is 4.98 Å². The lowest BCUT2D eigenvalue weighted by molar-refractivity contribution is 0.122. The number of halogens is 1. The standard InChI is InChI=1S/C29H32N8O3.ClH/c1-2-7-20(8-3-1)22-19-23(35-34-22)30-29-32-25-21-9-10-24(39-16-6-13-36-11-4-5-12-36)31-28(21)40-26(25)27(33-29)37-14-17-38-18-15-37;/h1-3,7-10,19H,4-6,11-18H2,(H2,30,32,33,34,35);1H. The number of aromatic nitrogens is 5. The molecule has 0 bridgehead atoms. The zero-order valence-corrected chi connectivity index (χ0v) is 23.5. The Morgan fingerprint density at radius 3 is 2.61 bits per heavy atom. The highest BCUT2D eigenvalue weighted by Gasteiger charge is 2.23. The molecule has 0 amide bonds. The molecule has 5 aromatic rings. The summed E-state index contributed by atoms with van der Waals surface area (Å²) in [6.07, 6.45) is 3.57. The second-order valence-corrected chi connectivity index (χ2v) is 10.2. The van der Waals surface area contributed by atoms with Gasteiger partial charge < -0.3 is 29.0 Å². The van der Waals surface area contributed by atoms with E-state index in [0.717, 1.165) is 29.6 Å². The van der Waals surface area contributed by atoms with Crippen LogP contribution in [0.1, 0.15) is 19.3 Å². The molecular formula is C29H33ClN8O3. The summed E-state index contributed by atoms with van der Waals surface area (Å²) in [5.74, 6) is 2.32. The molecule has 0 unspecified atom stereocenters. The number of likely N-dealkylation sites (tertiary alicyclic amines) is 1. The topological polar surface area (TPSA) is 117 Å². The van der Waals surface area contributed by atoms with E-state index in [0.29, 0.717) is 73.2 Å². The van der Waals surface area contributed by atoms with E-state index in [9.17, 15) is 0 Å². The first-order chi connectivity index (χ1) is 19.8. The molecular weight excluding hydrogens is 544 g/mol. The Hall–Kier alpha value is -3.93. The van der Waals surface area contributed by atoms with Crippen molar-refractivity contribution in [1.82, 2.24) is 30.0 Å². The van der Waals surface area contributed by atoms with Gasteiger partial charge in [0.1, 0.15) is 5.52 Å². The number of furan rings is 1. The number of aromatic amines is 1. The van der Waals surface area contributed by atoms with Gasteiger partial charge in [0.2, 0.25) is 17.5 Å². The normalized spacial score (nSPS) is 15.9. The Balaban J connectivity index is 0.00000302. The SMILES string of the molecule is Cl.c1ccc(-c2cc(Nc3nc(N4CCOCC4)c4oc5nc(OCCCN6CCCC6)ccc5c4n3)n[nH]2)cc1. The predicted molar refractivity (Wildman–Crippen MR) is 160 cm³/mol. The molecule has 0 aliphatic carbocycles. The second-order valence-electron chi connectivity index (χ2n) is 10.2. The molecule has 0 atom stereocenters. The fourth-order valence-electron chi connectivity index (χ4n) is 5.36. The van der Waals surface area contributed by atoms with Crippen molar-refractivity contribution in [2.75, 3.05) is 62.8 Å². The Kier molecular flexibility index (Phi) is 8.17. The first-order valence-corrected chi connectivity index (χ1v) is 14.0. The maximum absolute atomic E-state index is 6.28. The van der Waals surface area contributed by atoms with Crippen molar-refractivity contribution in [3.63, 3.8) is 0 Å². The number of hydrogen-bond acceptors (Lipinski definition) is 10. The molecule has 7 rings (SSSR count). The van der Waals surface area contributed by atoms with E-state index < -0.39 is 0 Å². The maximum Gasteiger partial charge on any atom is 0.232 e. The zero-order chi connectivity index (χ0) is 26.7. The van der Waals surface area contributed by atoms with E-state index >= 15 is 0 Å². The van der Waals surface area contributed by atoms with Crippen molar-refractivity contribution in [3.05, 3.63) is 48.5 Å². The minimum Gasteiger partial charge on any atom is -0.478 e. The molecule has 2 N–H and O–H groups in total. The van der Waals surface area contributed by atoms with Crippen LogP contribution < -0.4 is 15.0 Å². The minimum absolute atomic E-state index is 0. The van der Waals surface area contributed by atoms with E-state index in [2.05, 4.69) is 30.3 Å². The third-order valence-electron chi connectivity index (χ3n) is 7.42. The Labute approximate surface area is 243 Å². The number of anilines is 3. The number of rotatable bonds is 9.